The predicted octanol–water partition coefficient (Wildman–Crippen LogP) is 4.61. The van der Waals surface area contributed by atoms with Gasteiger partial charge in [-0.15, -0.1) is 0 Å². The maximum Gasteiger partial charge on any atom is 0.187 e. The second-order valence-corrected chi connectivity index (χ2v) is 10.8. The predicted molar refractivity (Wildman–Crippen MR) is 131 cm³/mol. The molecule has 0 amide bonds. The molecule has 0 spiro atoms. The minimum absolute atomic E-state index is 0.336. The van der Waals surface area contributed by atoms with E-state index in [2.05, 4.69) is 15.5 Å². The second kappa shape index (κ2) is 9.12. The summed E-state index contributed by atoms with van der Waals surface area (Å²) >= 11 is 0. The first-order valence-electron chi connectivity index (χ1n) is 11.4. The van der Waals surface area contributed by atoms with Crippen LogP contribution < -0.4 is 5.32 Å². The van der Waals surface area contributed by atoms with E-state index in [1.165, 1.54) is 0 Å². The van der Waals surface area contributed by atoms with Crippen LogP contribution in [0.2, 0.25) is 0 Å². The maximum absolute atomic E-state index is 13.0. The molecule has 3 heterocycles. The lowest BCUT2D eigenvalue weighted by molar-refractivity contribution is 0.433. The number of aromatic nitrogens is 3. The molecule has 2 aromatic carbocycles. The van der Waals surface area contributed by atoms with E-state index in [-0.39, 0.29) is 5.25 Å². The van der Waals surface area contributed by atoms with Crippen LogP contribution in [0, 0.1) is 13.8 Å². The van der Waals surface area contributed by atoms with Crippen LogP contribution >= 0.6 is 0 Å². The number of nitrogens with one attached hydrogen (secondary N) is 1. The Labute approximate surface area is 199 Å². The molecule has 1 saturated heterocycles. The lowest BCUT2D eigenvalue weighted by Gasteiger charge is -2.22. The number of aryl methyl sites for hydroxylation is 2. The first-order chi connectivity index (χ1) is 16.4. The van der Waals surface area contributed by atoms with Gasteiger partial charge < -0.3 is 9.84 Å². The molecule has 1 aliphatic rings. The molecule has 0 bridgehead atoms. The fourth-order valence-corrected chi connectivity index (χ4v) is 6.00. The molecule has 7 nitrogen and oxygen atoms in total. The molecule has 1 aliphatic heterocycles. The first-order valence-corrected chi connectivity index (χ1v) is 12.9. The Kier molecular flexibility index (Phi) is 6.02. The minimum atomic E-state index is -3.37. The molecule has 4 aromatic rings. The summed E-state index contributed by atoms with van der Waals surface area (Å²) in [7, 11) is -3.37. The van der Waals surface area contributed by atoms with Crippen molar-refractivity contribution >= 4 is 9.84 Å². The van der Waals surface area contributed by atoms with E-state index in [9.17, 15) is 8.42 Å². The summed E-state index contributed by atoms with van der Waals surface area (Å²) < 4.78 is 31.6. The lowest BCUT2D eigenvalue weighted by atomic mass is 10.1. The molecule has 8 heteroatoms. The normalized spacial score (nSPS) is 16.5. The Morgan fingerprint density at radius 3 is 2.56 bits per heavy atom. The van der Waals surface area contributed by atoms with E-state index >= 15 is 0 Å². The van der Waals surface area contributed by atoms with E-state index in [0.717, 1.165) is 41.0 Å². The Morgan fingerprint density at radius 2 is 1.82 bits per heavy atom. The topological polar surface area (TPSA) is 98.0 Å². The molecule has 0 aliphatic carbocycles. The van der Waals surface area contributed by atoms with Crippen molar-refractivity contribution < 1.29 is 12.9 Å². The number of piperidine rings is 1. The third-order valence-electron chi connectivity index (χ3n) is 6.29. The van der Waals surface area contributed by atoms with Crippen molar-refractivity contribution in [3.8, 4) is 34.0 Å². The Bertz CT molecular complexity index is 1420. The Balaban J connectivity index is 1.44. The van der Waals surface area contributed by atoms with Crippen LogP contribution in [0.25, 0.3) is 34.0 Å². The lowest BCUT2D eigenvalue weighted by Crippen LogP contribution is -2.38. The van der Waals surface area contributed by atoms with Gasteiger partial charge in [-0.25, -0.2) is 13.4 Å². The average Bonchev–Trinajstić information content (AvgIpc) is 3.35. The van der Waals surface area contributed by atoms with Gasteiger partial charge in [0.15, 0.2) is 15.6 Å². The fourth-order valence-electron chi connectivity index (χ4n) is 4.29. The van der Waals surface area contributed by atoms with Crippen LogP contribution in [0.5, 0.6) is 0 Å². The SMILES string of the molecule is Cc1ccccc1-c1cc(-c2nc(-c3ccc(S(=O)(=O)C4CCCNC4)cc3)cnc2C)on1. The van der Waals surface area contributed by atoms with Crippen LogP contribution in [0.1, 0.15) is 24.1 Å². The monoisotopic (exact) mass is 474 g/mol. The maximum atomic E-state index is 13.0. The van der Waals surface area contributed by atoms with Gasteiger partial charge in [-0.2, -0.15) is 0 Å². The Hall–Kier alpha value is -3.36. The zero-order chi connectivity index (χ0) is 23.7. The quantitative estimate of drug-likeness (QED) is 0.451. The molecule has 0 saturated carbocycles. The number of benzene rings is 2. The van der Waals surface area contributed by atoms with Crippen LogP contribution in [0.15, 0.2) is 70.2 Å². The third-order valence-corrected chi connectivity index (χ3v) is 8.50. The molecular formula is C26H26N4O3S. The second-order valence-electron chi connectivity index (χ2n) is 8.62. The largest absolute Gasteiger partial charge is 0.354 e. The highest BCUT2D eigenvalue weighted by molar-refractivity contribution is 7.92. The highest BCUT2D eigenvalue weighted by atomic mass is 32.2. The van der Waals surface area contributed by atoms with Gasteiger partial charge in [-0.05, 0) is 50.9 Å². The summed E-state index contributed by atoms with van der Waals surface area (Å²) in [5, 5.41) is 7.03. The van der Waals surface area contributed by atoms with Gasteiger partial charge in [0, 0.05) is 23.7 Å². The molecule has 0 radical (unpaired) electrons. The molecule has 2 aromatic heterocycles. The molecular weight excluding hydrogens is 448 g/mol. The van der Waals surface area contributed by atoms with Crippen molar-refractivity contribution in [2.75, 3.05) is 13.1 Å². The van der Waals surface area contributed by atoms with Gasteiger partial charge in [0.05, 0.1) is 27.7 Å². The highest BCUT2D eigenvalue weighted by Gasteiger charge is 2.28. The molecule has 174 valence electrons. The summed E-state index contributed by atoms with van der Waals surface area (Å²) in [5.74, 6) is 0.536. The average molecular weight is 475 g/mol. The number of nitrogens with zero attached hydrogens (tertiary/aromatic N) is 3. The van der Waals surface area contributed by atoms with Crippen LogP contribution in [-0.2, 0) is 9.84 Å². The molecule has 1 fully saturated rings. The number of sulfone groups is 1. The van der Waals surface area contributed by atoms with Crippen LogP contribution in [-0.4, -0.2) is 41.9 Å². The zero-order valence-electron chi connectivity index (χ0n) is 19.2. The van der Waals surface area contributed by atoms with Gasteiger partial charge in [0.1, 0.15) is 11.4 Å². The molecule has 34 heavy (non-hydrogen) atoms. The summed E-state index contributed by atoms with van der Waals surface area (Å²) in [6, 6.07) is 16.7. The van der Waals surface area contributed by atoms with Crippen molar-refractivity contribution in [2.24, 2.45) is 0 Å². The van der Waals surface area contributed by atoms with Gasteiger partial charge >= 0.3 is 0 Å². The fraction of sp³-hybridized carbons (Fsp3) is 0.269. The number of rotatable bonds is 5. The van der Waals surface area contributed by atoms with Gasteiger partial charge in [0.25, 0.3) is 0 Å². The smallest absolute Gasteiger partial charge is 0.187 e. The van der Waals surface area contributed by atoms with E-state index in [4.69, 9.17) is 9.51 Å². The first kappa shape index (κ1) is 22.4. The van der Waals surface area contributed by atoms with Crippen molar-refractivity contribution in [3.63, 3.8) is 0 Å². The van der Waals surface area contributed by atoms with Gasteiger partial charge in [-0.3, -0.25) is 4.98 Å². The van der Waals surface area contributed by atoms with Crippen LogP contribution in [0.4, 0.5) is 0 Å². The van der Waals surface area contributed by atoms with E-state index in [1.54, 1.807) is 30.5 Å². The van der Waals surface area contributed by atoms with E-state index in [0.29, 0.717) is 35.0 Å². The highest BCUT2D eigenvalue weighted by Crippen LogP contribution is 2.30. The Morgan fingerprint density at radius 1 is 1.03 bits per heavy atom. The van der Waals surface area contributed by atoms with Gasteiger partial charge in [0.2, 0.25) is 0 Å². The molecule has 5 rings (SSSR count). The summed E-state index contributed by atoms with van der Waals surface area (Å²) in [6.07, 6.45) is 3.24. The molecule has 1 atom stereocenters. The summed E-state index contributed by atoms with van der Waals surface area (Å²) in [4.78, 5) is 9.60. The standard InChI is InChI=1S/C26H26N4O3S/c1-17-6-3-4-8-22(17)23-14-25(33-30-23)26-18(2)28-16-24(29-26)19-9-11-20(12-10-19)34(31,32)21-7-5-13-27-15-21/h3-4,6,8-12,14,16,21,27H,5,7,13,15H2,1-2H3. The summed E-state index contributed by atoms with van der Waals surface area (Å²) in [6.45, 7) is 5.27. The molecule has 1 N–H and O–H groups in total. The molecule has 1 unspecified atom stereocenters. The van der Waals surface area contributed by atoms with Crippen LogP contribution in [0.3, 0.4) is 0 Å². The number of hydrogen-bond donors (Lipinski definition) is 1. The van der Waals surface area contributed by atoms with Crippen molar-refractivity contribution in [1.29, 1.82) is 0 Å². The van der Waals surface area contributed by atoms with Crippen molar-refractivity contribution in [1.82, 2.24) is 20.4 Å². The van der Waals surface area contributed by atoms with Crippen molar-refractivity contribution in [2.45, 2.75) is 36.8 Å². The third kappa shape index (κ3) is 4.26. The van der Waals surface area contributed by atoms with E-state index in [1.807, 2.05) is 44.2 Å². The van der Waals surface area contributed by atoms with Crippen molar-refractivity contribution in [3.05, 3.63) is 72.1 Å². The van der Waals surface area contributed by atoms with E-state index < -0.39 is 9.84 Å². The number of hydrogen-bond acceptors (Lipinski definition) is 7. The zero-order valence-corrected chi connectivity index (χ0v) is 20.0. The van der Waals surface area contributed by atoms with Gasteiger partial charge in [-0.1, -0.05) is 41.6 Å². The summed E-state index contributed by atoms with van der Waals surface area (Å²) in [5.41, 5.74) is 5.61. The minimum Gasteiger partial charge on any atom is -0.354 e.